The smallest absolute Gasteiger partial charge is 0.283 e. The molecule has 160 valence electrons. The zero-order valence-corrected chi connectivity index (χ0v) is 18.8. The van der Waals surface area contributed by atoms with Gasteiger partial charge in [-0.05, 0) is 49.7 Å². The van der Waals surface area contributed by atoms with Crippen molar-refractivity contribution in [3.8, 4) is 11.4 Å². The van der Waals surface area contributed by atoms with Crippen LogP contribution in [0.5, 0.6) is 5.75 Å². The van der Waals surface area contributed by atoms with Crippen molar-refractivity contribution >= 4 is 33.7 Å². The Labute approximate surface area is 190 Å². The highest BCUT2D eigenvalue weighted by molar-refractivity contribution is 7.98. The predicted octanol–water partition coefficient (Wildman–Crippen LogP) is 5.87. The van der Waals surface area contributed by atoms with E-state index in [0.29, 0.717) is 22.8 Å². The molecule has 0 spiro atoms. The molecule has 0 aliphatic rings. The fraction of sp³-hybridized carbons (Fsp3) is 0.154. The van der Waals surface area contributed by atoms with Crippen molar-refractivity contribution in [2.24, 2.45) is 0 Å². The van der Waals surface area contributed by atoms with Gasteiger partial charge >= 0.3 is 0 Å². The largest absolute Gasteiger partial charge is 0.494 e. The van der Waals surface area contributed by atoms with Gasteiger partial charge in [-0.2, -0.15) is 0 Å². The van der Waals surface area contributed by atoms with E-state index in [-0.39, 0.29) is 5.56 Å². The van der Waals surface area contributed by atoms with Crippen molar-refractivity contribution < 1.29 is 4.74 Å². The quantitative estimate of drug-likeness (QED) is 0.265. The fourth-order valence-electron chi connectivity index (χ4n) is 3.76. The lowest BCUT2D eigenvalue weighted by molar-refractivity contribution is 0.340. The second-order valence-electron chi connectivity index (χ2n) is 7.63. The topological polar surface area (TPSA) is 59.9 Å². The minimum Gasteiger partial charge on any atom is -0.494 e. The second kappa shape index (κ2) is 8.55. The number of aryl methyl sites for hydroxylation is 1. The van der Waals surface area contributed by atoms with Crippen molar-refractivity contribution in [1.82, 2.24) is 14.5 Å². The van der Waals surface area contributed by atoms with Crippen LogP contribution in [-0.4, -0.2) is 21.1 Å². The highest BCUT2D eigenvalue weighted by atomic mass is 32.2. The first-order valence-corrected chi connectivity index (χ1v) is 11.6. The maximum Gasteiger partial charge on any atom is 0.283 e. The number of hydrogen-bond acceptors (Lipinski definition) is 4. The average Bonchev–Trinajstić information content (AvgIpc) is 3.19. The first-order chi connectivity index (χ1) is 15.6. The van der Waals surface area contributed by atoms with Gasteiger partial charge < -0.3 is 9.72 Å². The molecule has 0 unspecified atom stereocenters. The summed E-state index contributed by atoms with van der Waals surface area (Å²) >= 11 is 1.56. The van der Waals surface area contributed by atoms with Gasteiger partial charge in [-0.3, -0.25) is 9.36 Å². The lowest BCUT2D eigenvalue weighted by Crippen LogP contribution is -2.21. The third kappa shape index (κ3) is 3.78. The van der Waals surface area contributed by atoms with Crippen molar-refractivity contribution in [3.63, 3.8) is 0 Å². The molecule has 1 N–H and O–H groups in total. The zero-order chi connectivity index (χ0) is 22.1. The number of rotatable bonds is 6. The predicted molar refractivity (Wildman–Crippen MR) is 131 cm³/mol. The molecule has 0 saturated carbocycles. The molecule has 0 bridgehead atoms. The first kappa shape index (κ1) is 20.4. The Morgan fingerprint density at radius 3 is 2.50 bits per heavy atom. The van der Waals surface area contributed by atoms with Crippen molar-refractivity contribution in [1.29, 1.82) is 0 Å². The molecule has 5 rings (SSSR count). The Kier molecular flexibility index (Phi) is 5.45. The maximum atomic E-state index is 13.6. The summed E-state index contributed by atoms with van der Waals surface area (Å²) in [6.45, 7) is 4.62. The van der Waals surface area contributed by atoms with E-state index < -0.39 is 0 Å². The van der Waals surface area contributed by atoms with E-state index in [2.05, 4.69) is 36.2 Å². The molecular formula is C26H23N3O2S. The number of benzene rings is 3. The van der Waals surface area contributed by atoms with Gasteiger partial charge in [-0.15, -0.1) is 0 Å². The molecule has 3 aromatic carbocycles. The third-order valence-electron chi connectivity index (χ3n) is 5.39. The van der Waals surface area contributed by atoms with Crippen molar-refractivity contribution in [2.45, 2.75) is 24.8 Å². The summed E-state index contributed by atoms with van der Waals surface area (Å²) in [5.74, 6) is 1.50. The van der Waals surface area contributed by atoms with Crippen LogP contribution in [0.2, 0.25) is 0 Å². The minimum atomic E-state index is -0.109. The number of H-pyrrole nitrogens is 1. The summed E-state index contributed by atoms with van der Waals surface area (Å²) in [6, 6.07) is 23.9. The number of aromatic nitrogens is 3. The molecular weight excluding hydrogens is 418 g/mol. The first-order valence-electron chi connectivity index (χ1n) is 10.6. The minimum absolute atomic E-state index is 0.109. The van der Waals surface area contributed by atoms with Crippen LogP contribution in [0, 0.1) is 6.92 Å². The Bertz CT molecular complexity index is 1450. The molecule has 5 aromatic rings. The number of nitrogens with one attached hydrogen (secondary N) is 1. The van der Waals surface area contributed by atoms with Crippen LogP contribution in [0.3, 0.4) is 0 Å². The van der Waals surface area contributed by atoms with Crippen LogP contribution >= 0.6 is 11.8 Å². The summed E-state index contributed by atoms with van der Waals surface area (Å²) in [6.07, 6.45) is 0. The van der Waals surface area contributed by atoms with Crippen LogP contribution in [0.4, 0.5) is 0 Å². The second-order valence-corrected chi connectivity index (χ2v) is 8.57. The zero-order valence-electron chi connectivity index (χ0n) is 18.0. The van der Waals surface area contributed by atoms with Crippen LogP contribution in [0.25, 0.3) is 27.6 Å². The average molecular weight is 442 g/mol. The molecule has 0 aliphatic carbocycles. The molecule has 0 aliphatic heterocycles. The maximum absolute atomic E-state index is 13.6. The summed E-state index contributed by atoms with van der Waals surface area (Å²) in [4.78, 5) is 21.9. The van der Waals surface area contributed by atoms with Gasteiger partial charge in [0.15, 0.2) is 5.16 Å². The number of thioether (sulfide) groups is 1. The van der Waals surface area contributed by atoms with E-state index in [1.54, 1.807) is 16.3 Å². The Morgan fingerprint density at radius 1 is 1.00 bits per heavy atom. The number of ether oxygens (including phenoxy) is 1. The Morgan fingerprint density at radius 2 is 1.75 bits per heavy atom. The molecule has 6 heteroatoms. The summed E-state index contributed by atoms with van der Waals surface area (Å²) in [7, 11) is 0. The molecule has 0 radical (unpaired) electrons. The van der Waals surface area contributed by atoms with Gasteiger partial charge in [0.2, 0.25) is 0 Å². The molecule has 0 saturated heterocycles. The Balaban J connectivity index is 1.65. The monoisotopic (exact) mass is 441 g/mol. The van der Waals surface area contributed by atoms with Crippen LogP contribution < -0.4 is 10.3 Å². The molecule has 2 aromatic heterocycles. The molecule has 0 fully saturated rings. The van der Waals surface area contributed by atoms with Gasteiger partial charge in [0.25, 0.3) is 5.56 Å². The number of hydrogen-bond donors (Lipinski definition) is 1. The van der Waals surface area contributed by atoms with E-state index in [4.69, 9.17) is 9.72 Å². The molecule has 5 nitrogen and oxygen atoms in total. The molecule has 2 heterocycles. The third-order valence-corrected chi connectivity index (χ3v) is 6.40. The standard InChI is InChI=1S/C26H23N3O2S/c1-3-31-20-14-12-19(13-15-20)29-25(30)24-23(21-6-4-5-7-22(21)27-24)28-26(29)32-16-18-10-8-17(2)9-11-18/h4-15,27H,3,16H2,1-2H3. The van der Waals surface area contributed by atoms with Crippen molar-refractivity contribution in [2.75, 3.05) is 6.61 Å². The summed E-state index contributed by atoms with van der Waals surface area (Å²) in [5.41, 5.74) is 5.19. The van der Waals surface area contributed by atoms with E-state index in [9.17, 15) is 4.79 Å². The Hall–Kier alpha value is -3.51. The molecule has 0 amide bonds. The number of fused-ring (bicyclic) bond motifs is 3. The van der Waals surface area contributed by atoms with Gasteiger partial charge in [-0.25, -0.2) is 4.98 Å². The lowest BCUT2D eigenvalue weighted by atomic mass is 10.2. The summed E-state index contributed by atoms with van der Waals surface area (Å²) < 4.78 is 7.25. The normalized spacial score (nSPS) is 11.3. The van der Waals surface area contributed by atoms with E-state index in [0.717, 1.165) is 28.1 Å². The van der Waals surface area contributed by atoms with E-state index >= 15 is 0 Å². The van der Waals surface area contributed by atoms with Gasteiger partial charge in [-0.1, -0.05) is 59.8 Å². The highest BCUT2D eigenvalue weighted by Crippen LogP contribution is 2.28. The van der Waals surface area contributed by atoms with Crippen LogP contribution in [0.15, 0.2) is 82.7 Å². The highest BCUT2D eigenvalue weighted by Gasteiger charge is 2.17. The number of nitrogens with zero attached hydrogens (tertiary/aromatic N) is 2. The SMILES string of the molecule is CCOc1ccc(-n2c(SCc3ccc(C)cc3)nc3c([nH]c4ccccc43)c2=O)cc1. The molecule has 32 heavy (non-hydrogen) atoms. The van der Waals surface area contributed by atoms with Gasteiger partial charge in [0, 0.05) is 16.7 Å². The molecule has 0 atom stereocenters. The van der Waals surface area contributed by atoms with Gasteiger partial charge in [0.1, 0.15) is 16.8 Å². The van der Waals surface area contributed by atoms with Gasteiger partial charge in [0.05, 0.1) is 12.3 Å². The number of aromatic amines is 1. The lowest BCUT2D eigenvalue weighted by Gasteiger charge is -2.13. The van der Waals surface area contributed by atoms with Crippen LogP contribution in [0.1, 0.15) is 18.1 Å². The summed E-state index contributed by atoms with van der Waals surface area (Å²) in [5, 5.41) is 1.62. The van der Waals surface area contributed by atoms with E-state index in [1.807, 2.05) is 55.5 Å². The fourth-order valence-corrected chi connectivity index (χ4v) is 4.72. The van der Waals surface area contributed by atoms with Crippen LogP contribution in [-0.2, 0) is 5.75 Å². The number of para-hydroxylation sites is 1. The van der Waals surface area contributed by atoms with E-state index in [1.165, 1.54) is 11.1 Å². The van der Waals surface area contributed by atoms with Crippen molar-refractivity contribution in [3.05, 3.63) is 94.3 Å².